The van der Waals surface area contributed by atoms with Crippen LogP contribution >= 0.6 is 0 Å². The van der Waals surface area contributed by atoms with Crippen LogP contribution in [0.4, 0.5) is 0 Å². The summed E-state index contributed by atoms with van der Waals surface area (Å²) < 4.78 is 11.0. The number of carbonyl (C=O) groups is 1. The van der Waals surface area contributed by atoms with Gasteiger partial charge in [-0.3, -0.25) is 9.78 Å². The summed E-state index contributed by atoms with van der Waals surface area (Å²) in [6, 6.07) is 0. The van der Waals surface area contributed by atoms with Crippen LogP contribution < -0.4 is 10.1 Å². The zero-order valence-corrected chi connectivity index (χ0v) is 14.1. The van der Waals surface area contributed by atoms with Crippen LogP contribution in [-0.2, 0) is 9.53 Å². The summed E-state index contributed by atoms with van der Waals surface area (Å²) >= 11 is 0. The Labute approximate surface area is 146 Å². The lowest BCUT2D eigenvalue weighted by molar-refractivity contribution is -0.128. The molecular weight excluding hydrogens is 326 g/mol. The molecule has 2 heterocycles. The molecule has 3 rings (SSSR count). The molecule has 138 valence electrons. The monoisotopic (exact) mass is 351 g/mol. The summed E-state index contributed by atoms with van der Waals surface area (Å²) in [4.78, 5) is 20.4. The van der Waals surface area contributed by atoms with Gasteiger partial charge in [-0.15, -0.1) is 0 Å². The molecule has 1 unspecified atom stereocenters. The minimum absolute atomic E-state index is 0.00180. The molecular formula is C17H25N3O5. The smallest absolute Gasteiger partial charge is 0.232 e. The highest BCUT2D eigenvalue weighted by molar-refractivity contribution is 5.78. The number of rotatable bonds is 6. The third kappa shape index (κ3) is 4.65. The summed E-state index contributed by atoms with van der Waals surface area (Å²) in [5.41, 5.74) is -0.531. The van der Waals surface area contributed by atoms with Crippen molar-refractivity contribution in [2.45, 2.75) is 37.9 Å². The molecule has 0 aromatic carbocycles. The number of aliphatic hydroxyl groups is 2. The number of ether oxygens (including phenoxy) is 2. The number of carbonyl (C=O) groups excluding carboxylic acids is 1. The lowest BCUT2D eigenvalue weighted by atomic mass is 9.86. The van der Waals surface area contributed by atoms with Crippen molar-refractivity contribution in [3.8, 4) is 5.88 Å². The molecule has 0 spiro atoms. The Morgan fingerprint density at radius 2 is 2.00 bits per heavy atom. The number of nitrogens with one attached hydrogen (secondary N) is 1. The maximum absolute atomic E-state index is 12.4. The normalized spacial score (nSPS) is 30.2. The Morgan fingerprint density at radius 3 is 2.64 bits per heavy atom. The second-order valence-electron chi connectivity index (χ2n) is 6.98. The average molecular weight is 351 g/mol. The minimum Gasteiger partial charge on any atom is -0.476 e. The lowest BCUT2D eigenvalue weighted by Gasteiger charge is -2.30. The standard InChI is InChI=1S/C17H25N3O5/c21-13-7-17(8-14(13)22,11-25-15-9-18-3-4-19-15)10-20-16(23)12-1-5-24-6-2-12/h3-4,9,12-14,21-22H,1-2,5-8,10-11H2,(H,20,23)/t13-,14+,17?. The van der Waals surface area contributed by atoms with Crippen molar-refractivity contribution in [1.82, 2.24) is 15.3 Å². The predicted molar refractivity (Wildman–Crippen MR) is 87.8 cm³/mol. The van der Waals surface area contributed by atoms with E-state index in [9.17, 15) is 15.0 Å². The van der Waals surface area contributed by atoms with Crippen LogP contribution in [0.15, 0.2) is 18.6 Å². The van der Waals surface area contributed by atoms with Crippen molar-refractivity contribution in [2.75, 3.05) is 26.4 Å². The van der Waals surface area contributed by atoms with Crippen LogP contribution in [0.25, 0.3) is 0 Å². The highest BCUT2D eigenvalue weighted by Gasteiger charge is 2.45. The van der Waals surface area contributed by atoms with Crippen molar-refractivity contribution in [3.63, 3.8) is 0 Å². The molecule has 8 nitrogen and oxygen atoms in total. The van der Waals surface area contributed by atoms with Crippen LogP contribution in [0.1, 0.15) is 25.7 Å². The van der Waals surface area contributed by atoms with Crippen molar-refractivity contribution in [1.29, 1.82) is 0 Å². The first-order valence-corrected chi connectivity index (χ1v) is 8.68. The summed E-state index contributed by atoms with van der Waals surface area (Å²) in [5, 5.41) is 22.9. The van der Waals surface area contributed by atoms with Crippen LogP contribution in [-0.4, -0.2) is 64.7 Å². The highest BCUT2D eigenvalue weighted by atomic mass is 16.5. The zero-order chi connectivity index (χ0) is 17.7. The van der Waals surface area contributed by atoms with E-state index < -0.39 is 17.6 Å². The van der Waals surface area contributed by atoms with Crippen molar-refractivity contribution >= 4 is 5.91 Å². The predicted octanol–water partition coefficient (Wildman–Crippen LogP) is -0.0998. The largest absolute Gasteiger partial charge is 0.476 e. The van der Waals surface area contributed by atoms with E-state index in [-0.39, 0.29) is 18.4 Å². The van der Waals surface area contributed by atoms with Crippen LogP contribution in [0.5, 0.6) is 5.88 Å². The zero-order valence-electron chi connectivity index (χ0n) is 14.1. The van der Waals surface area contributed by atoms with Gasteiger partial charge in [-0.25, -0.2) is 4.98 Å². The number of amides is 1. The second-order valence-corrected chi connectivity index (χ2v) is 6.98. The lowest BCUT2D eigenvalue weighted by Crippen LogP contribution is -2.43. The minimum atomic E-state index is -0.814. The van der Waals surface area contributed by atoms with E-state index in [1.54, 1.807) is 6.20 Å². The molecule has 25 heavy (non-hydrogen) atoms. The van der Waals surface area contributed by atoms with Gasteiger partial charge in [-0.05, 0) is 25.7 Å². The molecule has 1 aliphatic carbocycles. The van der Waals surface area contributed by atoms with Gasteiger partial charge in [0.25, 0.3) is 0 Å². The Kier molecular flexibility index (Phi) is 5.82. The van der Waals surface area contributed by atoms with Crippen molar-refractivity contribution < 1.29 is 24.5 Å². The molecule has 3 atom stereocenters. The maximum Gasteiger partial charge on any atom is 0.232 e. The second kappa shape index (κ2) is 8.07. The Balaban J connectivity index is 1.60. The van der Waals surface area contributed by atoms with E-state index in [1.807, 2.05) is 0 Å². The Bertz CT molecular complexity index is 555. The third-order valence-electron chi connectivity index (χ3n) is 5.02. The fraction of sp³-hybridized carbons (Fsp3) is 0.706. The Hall–Kier alpha value is -1.77. The van der Waals surface area contributed by atoms with E-state index in [0.29, 0.717) is 38.5 Å². The summed E-state index contributed by atoms with van der Waals surface area (Å²) in [5.74, 6) is 0.342. The van der Waals surface area contributed by atoms with Crippen LogP contribution in [0.3, 0.4) is 0 Å². The average Bonchev–Trinajstić information content (AvgIpc) is 2.94. The first kappa shape index (κ1) is 18.0. The van der Waals surface area contributed by atoms with Gasteiger partial charge in [0.1, 0.15) is 0 Å². The molecule has 1 saturated carbocycles. The van der Waals surface area contributed by atoms with Gasteiger partial charge in [-0.1, -0.05) is 0 Å². The van der Waals surface area contributed by atoms with Crippen LogP contribution in [0, 0.1) is 11.3 Å². The molecule has 1 saturated heterocycles. The molecule has 1 aliphatic heterocycles. The first-order chi connectivity index (χ1) is 12.1. The van der Waals surface area contributed by atoms with Gasteiger partial charge in [0.2, 0.25) is 11.8 Å². The van der Waals surface area contributed by atoms with E-state index >= 15 is 0 Å². The fourth-order valence-corrected chi connectivity index (χ4v) is 3.52. The van der Waals surface area contributed by atoms with Gasteiger partial charge >= 0.3 is 0 Å². The number of aromatic nitrogens is 2. The maximum atomic E-state index is 12.4. The Morgan fingerprint density at radius 1 is 1.28 bits per heavy atom. The molecule has 1 aromatic heterocycles. The summed E-state index contributed by atoms with van der Waals surface area (Å²) in [7, 11) is 0. The van der Waals surface area contributed by atoms with Crippen molar-refractivity contribution in [3.05, 3.63) is 18.6 Å². The van der Waals surface area contributed by atoms with Crippen LogP contribution in [0.2, 0.25) is 0 Å². The molecule has 1 amide bonds. The quantitative estimate of drug-likeness (QED) is 0.656. The van der Waals surface area contributed by atoms with E-state index in [1.165, 1.54) is 12.4 Å². The molecule has 1 aromatic rings. The molecule has 8 heteroatoms. The first-order valence-electron chi connectivity index (χ1n) is 8.68. The molecule has 0 bridgehead atoms. The van der Waals surface area contributed by atoms with Gasteiger partial charge < -0.3 is 25.0 Å². The fourth-order valence-electron chi connectivity index (χ4n) is 3.52. The van der Waals surface area contributed by atoms with Gasteiger partial charge in [-0.2, -0.15) is 0 Å². The molecule has 2 aliphatic rings. The SMILES string of the molecule is O=C(NCC1(COc2cnccn2)C[C@@H](O)[C@@H](O)C1)C1CCOCC1. The summed E-state index contributed by atoms with van der Waals surface area (Å²) in [6.07, 6.45) is 5.14. The van der Waals surface area contributed by atoms with E-state index in [2.05, 4.69) is 15.3 Å². The molecule has 3 N–H and O–H groups in total. The van der Waals surface area contributed by atoms with Gasteiger partial charge in [0.15, 0.2) is 0 Å². The molecule has 0 radical (unpaired) electrons. The highest BCUT2D eigenvalue weighted by Crippen LogP contribution is 2.38. The van der Waals surface area contributed by atoms with E-state index in [0.717, 1.165) is 12.8 Å². The van der Waals surface area contributed by atoms with Crippen molar-refractivity contribution in [2.24, 2.45) is 11.3 Å². The van der Waals surface area contributed by atoms with E-state index in [4.69, 9.17) is 9.47 Å². The molecule has 2 fully saturated rings. The topological polar surface area (TPSA) is 114 Å². The van der Waals surface area contributed by atoms with Gasteiger partial charge in [0.05, 0.1) is 25.0 Å². The number of aliphatic hydroxyl groups excluding tert-OH is 2. The third-order valence-corrected chi connectivity index (χ3v) is 5.02. The van der Waals surface area contributed by atoms with Gasteiger partial charge in [0, 0.05) is 43.5 Å². The number of hydrogen-bond donors (Lipinski definition) is 3. The number of nitrogens with zero attached hydrogens (tertiary/aromatic N) is 2. The summed E-state index contributed by atoms with van der Waals surface area (Å²) in [6.45, 7) is 1.80. The number of hydrogen-bond acceptors (Lipinski definition) is 7.